The molecule has 0 fully saturated rings. The number of hydrogen-bond donors (Lipinski definition) is 1. The minimum Gasteiger partial charge on any atom is -0.496 e. The zero-order valence-corrected chi connectivity index (χ0v) is 9.33. The van der Waals surface area contributed by atoms with E-state index in [-0.39, 0.29) is 6.04 Å². The van der Waals surface area contributed by atoms with Crippen molar-refractivity contribution in [2.24, 2.45) is 5.73 Å². The average molecular weight is 219 g/mol. The molecule has 78 valence electrons. The molecule has 2 nitrogen and oxygen atoms in total. The Bertz CT molecular complexity index is 425. The van der Waals surface area contributed by atoms with Gasteiger partial charge in [-0.15, -0.1) is 11.3 Å². The van der Waals surface area contributed by atoms with Gasteiger partial charge in [-0.25, -0.2) is 0 Å². The van der Waals surface area contributed by atoms with Crippen molar-refractivity contribution >= 4 is 11.3 Å². The number of methoxy groups -OCH3 is 1. The van der Waals surface area contributed by atoms with Gasteiger partial charge in [0.05, 0.1) is 13.2 Å². The number of rotatable bonds is 3. The molecule has 0 radical (unpaired) electrons. The van der Waals surface area contributed by atoms with Gasteiger partial charge in [-0.2, -0.15) is 0 Å². The van der Waals surface area contributed by atoms with E-state index in [2.05, 4.69) is 0 Å². The molecule has 0 unspecified atom stereocenters. The lowest BCUT2D eigenvalue weighted by molar-refractivity contribution is 0.408. The highest BCUT2D eigenvalue weighted by Crippen LogP contribution is 2.29. The lowest BCUT2D eigenvalue weighted by Crippen LogP contribution is -2.11. The van der Waals surface area contributed by atoms with Crippen molar-refractivity contribution in [3.63, 3.8) is 0 Å². The van der Waals surface area contributed by atoms with Crippen molar-refractivity contribution in [1.82, 2.24) is 0 Å². The lowest BCUT2D eigenvalue weighted by Gasteiger charge is -2.13. The third-order valence-corrected chi connectivity index (χ3v) is 3.28. The van der Waals surface area contributed by atoms with Gasteiger partial charge in [0.25, 0.3) is 0 Å². The van der Waals surface area contributed by atoms with Crippen molar-refractivity contribution in [2.75, 3.05) is 7.11 Å². The van der Waals surface area contributed by atoms with E-state index >= 15 is 0 Å². The average Bonchev–Trinajstić information content (AvgIpc) is 2.81. The fourth-order valence-electron chi connectivity index (χ4n) is 1.54. The van der Waals surface area contributed by atoms with Crippen LogP contribution in [0.5, 0.6) is 5.75 Å². The standard InChI is InChI=1S/C12H13NOS/c1-14-10-6-3-2-5-9(10)12(13)11-7-4-8-15-11/h2-8,12H,13H2,1H3/t12-/m1/s1. The molecule has 15 heavy (non-hydrogen) atoms. The molecule has 2 aromatic rings. The van der Waals surface area contributed by atoms with Crippen LogP contribution < -0.4 is 10.5 Å². The minimum atomic E-state index is -0.0962. The monoisotopic (exact) mass is 219 g/mol. The van der Waals surface area contributed by atoms with Gasteiger partial charge >= 0.3 is 0 Å². The first kappa shape index (κ1) is 10.2. The van der Waals surface area contributed by atoms with Crippen LogP contribution in [0, 0.1) is 0 Å². The van der Waals surface area contributed by atoms with Crippen LogP contribution in [-0.2, 0) is 0 Å². The summed E-state index contributed by atoms with van der Waals surface area (Å²) in [6.45, 7) is 0. The van der Waals surface area contributed by atoms with Crippen molar-refractivity contribution in [2.45, 2.75) is 6.04 Å². The third-order valence-electron chi connectivity index (χ3n) is 2.32. The van der Waals surface area contributed by atoms with Crippen LogP contribution in [0.1, 0.15) is 16.5 Å². The van der Waals surface area contributed by atoms with Gasteiger partial charge in [0.2, 0.25) is 0 Å². The lowest BCUT2D eigenvalue weighted by atomic mass is 10.1. The number of ether oxygens (including phenoxy) is 1. The van der Waals surface area contributed by atoms with E-state index in [1.54, 1.807) is 18.4 Å². The van der Waals surface area contributed by atoms with Gasteiger partial charge in [0.15, 0.2) is 0 Å². The Kier molecular flexibility index (Phi) is 3.04. The summed E-state index contributed by atoms with van der Waals surface area (Å²) in [5, 5.41) is 2.03. The highest BCUT2D eigenvalue weighted by atomic mass is 32.1. The van der Waals surface area contributed by atoms with E-state index in [4.69, 9.17) is 10.5 Å². The molecule has 2 N–H and O–H groups in total. The highest BCUT2D eigenvalue weighted by Gasteiger charge is 2.13. The number of para-hydroxylation sites is 1. The van der Waals surface area contributed by atoms with Gasteiger partial charge in [0.1, 0.15) is 5.75 Å². The minimum absolute atomic E-state index is 0.0962. The Hall–Kier alpha value is -1.32. The third kappa shape index (κ3) is 2.03. The molecule has 0 saturated heterocycles. The number of hydrogen-bond acceptors (Lipinski definition) is 3. The zero-order valence-electron chi connectivity index (χ0n) is 8.51. The van der Waals surface area contributed by atoms with Crippen LogP contribution in [0.4, 0.5) is 0 Å². The van der Waals surface area contributed by atoms with E-state index in [0.29, 0.717) is 0 Å². The largest absolute Gasteiger partial charge is 0.496 e. The number of nitrogens with two attached hydrogens (primary N) is 1. The molecule has 1 aromatic heterocycles. The van der Waals surface area contributed by atoms with Gasteiger partial charge in [-0.3, -0.25) is 0 Å². The quantitative estimate of drug-likeness (QED) is 0.861. The molecule has 1 heterocycles. The molecule has 0 aliphatic carbocycles. The van der Waals surface area contributed by atoms with Gasteiger partial charge in [-0.05, 0) is 17.5 Å². The van der Waals surface area contributed by atoms with Crippen molar-refractivity contribution in [3.8, 4) is 5.75 Å². The molecule has 0 amide bonds. The summed E-state index contributed by atoms with van der Waals surface area (Å²) >= 11 is 1.66. The number of thiophene rings is 1. The second-order valence-electron chi connectivity index (χ2n) is 3.24. The summed E-state index contributed by atoms with van der Waals surface area (Å²) in [7, 11) is 1.67. The number of benzene rings is 1. The smallest absolute Gasteiger partial charge is 0.124 e. The molecule has 0 bridgehead atoms. The molecule has 1 aromatic carbocycles. The first-order chi connectivity index (χ1) is 7.33. The van der Waals surface area contributed by atoms with E-state index in [1.807, 2.05) is 41.8 Å². The van der Waals surface area contributed by atoms with Crippen molar-refractivity contribution < 1.29 is 4.74 Å². The second kappa shape index (κ2) is 4.47. The normalized spacial score (nSPS) is 12.4. The molecule has 3 heteroatoms. The second-order valence-corrected chi connectivity index (χ2v) is 4.21. The van der Waals surface area contributed by atoms with Crippen molar-refractivity contribution in [1.29, 1.82) is 0 Å². The Balaban J connectivity index is 2.37. The van der Waals surface area contributed by atoms with Crippen LogP contribution in [-0.4, -0.2) is 7.11 Å². The van der Waals surface area contributed by atoms with Gasteiger partial charge in [0, 0.05) is 10.4 Å². The van der Waals surface area contributed by atoms with Crippen LogP contribution in [0.25, 0.3) is 0 Å². The molecular weight excluding hydrogens is 206 g/mol. The Morgan fingerprint density at radius 1 is 1.20 bits per heavy atom. The van der Waals surface area contributed by atoms with Crippen LogP contribution in [0.2, 0.25) is 0 Å². The summed E-state index contributed by atoms with van der Waals surface area (Å²) < 4.78 is 5.29. The first-order valence-corrected chi connectivity index (χ1v) is 5.63. The van der Waals surface area contributed by atoms with Crippen molar-refractivity contribution in [3.05, 3.63) is 52.2 Å². The maximum atomic E-state index is 6.17. The van der Waals surface area contributed by atoms with Gasteiger partial charge < -0.3 is 10.5 Å². The predicted molar refractivity (Wildman–Crippen MR) is 63.3 cm³/mol. The van der Waals surface area contributed by atoms with E-state index < -0.39 is 0 Å². The molecular formula is C12H13NOS. The highest BCUT2D eigenvalue weighted by molar-refractivity contribution is 7.10. The Morgan fingerprint density at radius 3 is 2.67 bits per heavy atom. The summed E-state index contributed by atoms with van der Waals surface area (Å²) in [4.78, 5) is 1.15. The summed E-state index contributed by atoms with van der Waals surface area (Å²) in [5.41, 5.74) is 7.20. The SMILES string of the molecule is COc1ccccc1[C@@H](N)c1cccs1. The fourth-order valence-corrected chi connectivity index (χ4v) is 2.29. The fraction of sp³-hybridized carbons (Fsp3) is 0.167. The molecule has 0 aliphatic heterocycles. The predicted octanol–water partition coefficient (Wildman–Crippen LogP) is 2.80. The van der Waals surface area contributed by atoms with Crippen LogP contribution in [0.15, 0.2) is 41.8 Å². The summed E-state index contributed by atoms with van der Waals surface area (Å²) in [5.74, 6) is 0.846. The van der Waals surface area contributed by atoms with Crippen LogP contribution >= 0.6 is 11.3 Å². The topological polar surface area (TPSA) is 35.2 Å². The molecule has 0 aliphatic rings. The molecule has 0 spiro atoms. The summed E-state index contributed by atoms with van der Waals surface area (Å²) in [6, 6.07) is 11.8. The van der Waals surface area contributed by atoms with E-state index in [9.17, 15) is 0 Å². The maximum Gasteiger partial charge on any atom is 0.124 e. The first-order valence-electron chi connectivity index (χ1n) is 4.75. The maximum absolute atomic E-state index is 6.17. The van der Waals surface area contributed by atoms with E-state index in [0.717, 1.165) is 16.2 Å². The Morgan fingerprint density at radius 2 is 2.00 bits per heavy atom. The molecule has 0 saturated carbocycles. The molecule has 1 atom stereocenters. The zero-order chi connectivity index (χ0) is 10.7. The molecule has 2 rings (SSSR count). The van der Waals surface area contributed by atoms with Crippen LogP contribution in [0.3, 0.4) is 0 Å². The summed E-state index contributed by atoms with van der Waals surface area (Å²) in [6.07, 6.45) is 0. The Labute approximate surface area is 93.3 Å². The van der Waals surface area contributed by atoms with Gasteiger partial charge in [-0.1, -0.05) is 24.3 Å². The van der Waals surface area contributed by atoms with E-state index in [1.165, 1.54) is 0 Å².